The van der Waals surface area contributed by atoms with Gasteiger partial charge in [0.25, 0.3) is 0 Å². The van der Waals surface area contributed by atoms with Crippen LogP contribution in [0.25, 0.3) is 10.2 Å². The van der Waals surface area contributed by atoms with E-state index in [9.17, 15) is 8.42 Å². The van der Waals surface area contributed by atoms with Gasteiger partial charge in [0, 0.05) is 6.26 Å². The van der Waals surface area contributed by atoms with E-state index in [1.54, 1.807) is 0 Å². The minimum Gasteiger partial charge on any atom is -0.322 e. The van der Waals surface area contributed by atoms with Gasteiger partial charge >= 0.3 is 0 Å². The van der Waals surface area contributed by atoms with Crippen molar-refractivity contribution < 1.29 is 8.42 Å². The molecule has 0 aliphatic heterocycles. The maximum Gasteiger partial charge on any atom is 0.147 e. The molecule has 2 aromatic rings. The fourth-order valence-electron chi connectivity index (χ4n) is 1.67. The molecule has 0 amide bonds. The summed E-state index contributed by atoms with van der Waals surface area (Å²) in [5, 5.41) is 0.805. The van der Waals surface area contributed by atoms with Crippen molar-refractivity contribution in [2.75, 3.05) is 12.0 Å². The first-order valence-corrected chi connectivity index (χ1v) is 8.53. The summed E-state index contributed by atoms with van der Waals surface area (Å²) in [5.41, 5.74) is 8.10. The van der Waals surface area contributed by atoms with Gasteiger partial charge in [0.05, 0.1) is 22.0 Å². The van der Waals surface area contributed by atoms with Gasteiger partial charge in [0.2, 0.25) is 0 Å². The van der Waals surface area contributed by atoms with E-state index in [1.165, 1.54) is 23.2 Å². The van der Waals surface area contributed by atoms with Crippen LogP contribution < -0.4 is 5.73 Å². The maximum atomic E-state index is 11.1. The van der Waals surface area contributed by atoms with Crippen LogP contribution in [0.3, 0.4) is 0 Å². The molecule has 1 aromatic heterocycles. The molecule has 0 aliphatic carbocycles. The van der Waals surface area contributed by atoms with Gasteiger partial charge in [-0.2, -0.15) is 0 Å². The summed E-state index contributed by atoms with van der Waals surface area (Å²) in [6.07, 6.45) is 1.64. The van der Waals surface area contributed by atoms with Crippen molar-refractivity contribution in [1.82, 2.24) is 4.98 Å². The second-order valence-corrected chi connectivity index (χ2v) is 7.87. The molecule has 0 saturated carbocycles. The normalized spacial score (nSPS) is 13.9. The van der Waals surface area contributed by atoms with E-state index in [1.807, 2.05) is 19.1 Å². The van der Waals surface area contributed by atoms with E-state index >= 15 is 0 Å². The van der Waals surface area contributed by atoms with E-state index in [2.05, 4.69) is 11.1 Å². The Labute approximate surface area is 111 Å². The molecule has 1 atom stereocenters. The molecule has 1 unspecified atom stereocenters. The third kappa shape index (κ3) is 3.28. The van der Waals surface area contributed by atoms with Gasteiger partial charge in [-0.25, -0.2) is 13.4 Å². The number of benzene rings is 1. The molecular formula is C12H16N2O2S2. The van der Waals surface area contributed by atoms with Gasteiger partial charge in [0.1, 0.15) is 14.8 Å². The maximum absolute atomic E-state index is 11.1. The van der Waals surface area contributed by atoms with E-state index in [-0.39, 0.29) is 11.8 Å². The molecule has 18 heavy (non-hydrogen) atoms. The van der Waals surface area contributed by atoms with Crippen LogP contribution >= 0.6 is 11.3 Å². The molecular weight excluding hydrogens is 268 g/mol. The highest BCUT2D eigenvalue weighted by Gasteiger charge is 2.14. The summed E-state index contributed by atoms with van der Waals surface area (Å²) < 4.78 is 23.3. The SMILES string of the molecule is Cc1ccc2nc(C(N)CCS(C)(=O)=O)sc2c1. The average Bonchev–Trinajstić information content (AvgIpc) is 2.67. The Morgan fingerprint density at radius 1 is 1.44 bits per heavy atom. The van der Waals surface area contributed by atoms with Crippen molar-refractivity contribution in [2.24, 2.45) is 5.73 Å². The van der Waals surface area contributed by atoms with Crippen molar-refractivity contribution in [2.45, 2.75) is 19.4 Å². The Morgan fingerprint density at radius 2 is 2.17 bits per heavy atom. The number of aromatic nitrogens is 1. The number of hydrogen-bond donors (Lipinski definition) is 1. The topological polar surface area (TPSA) is 73.0 Å². The highest BCUT2D eigenvalue weighted by Crippen LogP contribution is 2.27. The number of aryl methyl sites for hydroxylation is 1. The Kier molecular flexibility index (Phi) is 3.70. The van der Waals surface area contributed by atoms with Crippen LogP contribution in [0.5, 0.6) is 0 Å². The van der Waals surface area contributed by atoms with Crippen molar-refractivity contribution in [3.63, 3.8) is 0 Å². The first kappa shape index (κ1) is 13.5. The summed E-state index contributed by atoms with van der Waals surface area (Å²) in [5.74, 6) is 0.100. The molecule has 0 aliphatic rings. The minimum absolute atomic E-state index is 0.100. The smallest absolute Gasteiger partial charge is 0.147 e. The molecule has 98 valence electrons. The first-order chi connectivity index (χ1) is 8.35. The van der Waals surface area contributed by atoms with E-state index < -0.39 is 9.84 Å². The highest BCUT2D eigenvalue weighted by atomic mass is 32.2. The highest BCUT2D eigenvalue weighted by molar-refractivity contribution is 7.90. The number of nitrogens with two attached hydrogens (primary N) is 1. The number of sulfone groups is 1. The molecule has 1 heterocycles. The van der Waals surface area contributed by atoms with Crippen molar-refractivity contribution >= 4 is 31.4 Å². The van der Waals surface area contributed by atoms with Crippen LogP contribution in [0, 0.1) is 6.92 Å². The molecule has 1 aromatic carbocycles. The predicted octanol–water partition coefficient (Wildman–Crippen LogP) is 2.04. The van der Waals surface area contributed by atoms with Crippen LogP contribution in [-0.4, -0.2) is 25.4 Å². The Balaban J connectivity index is 2.20. The fraction of sp³-hybridized carbons (Fsp3) is 0.417. The number of nitrogens with zero attached hydrogens (tertiary/aromatic N) is 1. The van der Waals surface area contributed by atoms with E-state index in [0.29, 0.717) is 6.42 Å². The van der Waals surface area contributed by atoms with Gasteiger partial charge in [-0.3, -0.25) is 0 Å². The van der Waals surface area contributed by atoms with Crippen molar-refractivity contribution in [1.29, 1.82) is 0 Å². The number of rotatable bonds is 4. The van der Waals surface area contributed by atoms with Gasteiger partial charge in [-0.15, -0.1) is 11.3 Å². The molecule has 0 bridgehead atoms. The molecule has 2 N–H and O–H groups in total. The lowest BCUT2D eigenvalue weighted by Crippen LogP contribution is -2.15. The monoisotopic (exact) mass is 284 g/mol. The van der Waals surface area contributed by atoms with Crippen LogP contribution in [-0.2, 0) is 9.84 Å². The quantitative estimate of drug-likeness (QED) is 0.932. The van der Waals surface area contributed by atoms with E-state index in [0.717, 1.165) is 15.2 Å². The fourth-order valence-corrected chi connectivity index (χ4v) is 3.46. The van der Waals surface area contributed by atoms with Gasteiger partial charge in [-0.1, -0.05) is 6.07 Å². The number of fused-ring (bicyclic) bond motifs is 1. The lowest BCUT2D eigenvalue weighted by Gasteiger charge is -2.06. The van der Waals surface area contributed by atoms with Crippen LogP contribution in [0.2, 0.25) is 0 Å². The third-order valence-electron chi connectivity index (χ3n) is 2.68. The lowest BCUT2D eigenvalue weighted by atomic mass is 10.2. The number of thiazole rings is 1. The third-order valence-corrected chi connectivity index (χ3v) is 4.80. The molecule has 6 heteroatoms. The Morgan fingerprint density at radius 3 is 2.83 bits per heavy atom. The second kappa shape index (κ2) is 4.95. The van der Waals surface area contributed by atoms with Crippen LogP contribution in [0.4, 0.5) is 0 Å². The summed E-state index contributed by atoms with van der Waals surface area (Å²) in [4.78, 5) is 4.45. The lowest BCUT2D eigenvalue weighted by molar-refractivity contribution is 0.591. The summed E-state index contributed by atoms with van der Waals surface area (Å²) >= 11 is 1.54. The Hall–Kier alpha value is -0.980. The Bertz CT molecular complexity index is 662. The summed E-state index contributed by atoms with van der Waals surface area (Å²) in [7, 11) is -2.97. The van der Waals surface area contributed by atoms with Gasteiger partial charge in [-0.05, 0) is 31.0 Å². The largest absolute Gasteiger partial charge is 0.322 e. The zero-order valence-corrected chi connectivity index (χ0v) is 12.0. The number of hydrogen-bond acceptors (Lipinski definition) is 5. The zero-order chi connectivity index (χ0) is 13.3. The predicted molar refractivity (Wildman–Crippen MR) is 75.6 cm³/mol. The van der Waals surface area contributed by atoms with Gasteiger partial charge in [0.15, 0.2) is 0 Å². The van der Waals surface area contributed by atoms with Gasteiger partial charge < -0.3 is 5.73 Å². The molecule has 2 rings (SSSR count). The standard InChI is InChI=1S/C12H16N2O2S2/c1-8-3-4-10-11(7-8)17-12(14-10)9(13)5-6-18(2,15)16/h3-4,7,9H,5-6,13H2,1-2H3. The zero-order valence-electron chi connectivity index (χ0n) is 10.4. The van der Waals surface area contributed by atoms with Crippen LogP contribution in [0.15, 0.2) is 18.2 Å². The summed E-state index contributed by atoms with van der Waals surface area (Å²) in [6.45, 7) is 2.03. The average molecular weight is 284 g/mol. The van der Waals surface area contributed by atoms with Crippen LogP contribution in [0.1, 0.15) is 23.0 Å². The molecule has 0 spiro atoms. The summed E-state index contributed by atoms with van der Waals surface area (Å²) in [6, 6.07) is 5.74. The molecule has 0 fully saturated rings. The molecule has 0 radical (unpaired) electrons. The molecule has 0 saturated heterocycles. The second-order valence-electron chi connectivity index (χ2n) is 4.55. The van der Waals surface area contributed by atoms with E-state index in [4.69, 9.17) is 5.73 Å². The van der Waals surface area contributed by atoms with Crippen molar-refractivity contribution in [3.05, 3.63) is 28.8 Å². The van der Waals surface area contributed by atoms with Crippen molar-refractivity contribution in [3.8, 4) is 0 Å². The molecule has 4 nitrogen and oxygen atoms in total. The minimum atomic E-state index is -2.97. The first-order valence-electron chi connectivity index (χ1n) is 5.65.